The van der Waals surface area contributed by atoms with Crippen molar-refractivity contribution in [2.45, 2.75) is 25.3 Å². The number of nitrogens with one attached hydrogen (secondary N) is 1. The minimum atomic E-state index is 0.0716. The van der Waals surface area contributed by atoms with Crippen molar-refractivity contribution in [1.29, 1.82) is 0 Å². The first kappa shape index (κ1) is 12.9. The second-order valence-corrected chi connectivity index (χ2v) is 5.00. The predicted octanol–water partition coefficient (Wildman–Crippen LogP) is 1.45. The summed E-state index contributed by atoms with van der Waals surface area (Å²) >= 11 is 0. The molecule has 2 N–H and O–H groups in total. The van der Waals surface area contributed by atoms with Crippen molar-refractivity contribution in [3.8, 4) is 5.75 Å². The summed E-state index contributed by atoms with van der Waals surface area (Å²) < 4.78 is 0. The molecule has 4 heteroatoms. The number of benzene rings is 1. The number of carbonyl (C=O) groups is 1. The molecule has 0 spiro atoms. The number of fused-ring (bicyclic) bond motifs is 1. The minimum absolute atomic E-state index is 0.0716. The van der Waals surface area contributed by atoms with Crippen molar-refractivity contribution in [2.24, 2.45) is 0 Å². The first-order chi connectivity index (χ1) is 8.58. The molecule has 18 heavy (non-hydrogen) atoms. The van der Waals surface area contributed by atoms with Crippen molar-refractivity contribution >= 4 is 5.91 Å². The normalized spacial score (nSPS) is 18.2. The van der Waals surface area contributed by atoms with Gasteiger partial charge < -0.3 is 15.3 Å². The number of phenols is 1. The van der Waals surface area contributed by atoms with Gasteiger partial charge >= 0.3 is 0 Å². The maximum atomic E-state index is 11.6. The lowest BCUT2D eigenvalue weighted by Gasteiger charge is -2.27. The molecule has 0 aliphatic heterocycles. The number of phenolic OH excluding ortho intramolecular Hbond substituents is 1. The van der Waals surface area contributed by atoms with E-state index in [0.29, 0.717) is 12.3 Å². The first-order valence-electron chi connectivity index (χ1n) is 6.33. The Morgan fingerprint density at radius 3 is 3.00 bits per heavy atom. The highest BCUT2D eigenvalue weighted by molar-refractivity contribution is 5.77. The van der Waals surface area contributed by atoms with Gasteiger partial charge in [0.25, 0.3) is 0 Å². The maximum Gasteiger partial charge on any atom is 0.236 e. The highest BCUT2D eigenvalue weighted by Gasteiger charge is 2.21. The number of aryl methyl sites for hydroxylation is 1. The molecule has 98 valence electrons. The molecule has 1 aliphatic rings. The van der Waals surface area contributed by atoms with E-state index in [-0.39, 0.29) is 11.9 Å². The Kier molecular flexibility index (Phi) is 3.87. The van der Waals surface area contributed by atoms with Crippen molar-refractivity contribution in [3.63, 3.8) is 0 Å². The zero-order valence-electron chi connectivity index (χ0n) is 10.9. The molecule has 0 saturated heterocycles. The second-order valence-electron chi connectivity index (χ2n) is 5.00. The molecule has 1 amide bonds. The third-order valence-corrected chi connectivity index (χ3v) is 3.44. The quantitative estimate of drug-likeness (QED) is 0.851. The molecule has 1 atom stereocenters. The Morgan fingerprint density at radius 1 is 1.50 bits per heavy atom. The zero-order valence-corrected chi connectivity index (χ0v) is 10.9. The molecule has 4 nitrogen and oxygen atoms in total. The van der Waals surface area contributed by atoms with Crippen LogP contribution in [-0.2, 0) is 11.2 Å². The molecule has 1 aliphatic carbocycles. The van der Waals surface area contributed by atoms with Gasteiger partial charge in [-0.2, -0.15) is 0 Å². The van der Waals surface area contributed by atoms with Gasteiger partial charge in [-0.15, -0.1) is 0 Å². The van der Waals surface area contributed by atoms with Crippen LogP contribution in [0.3, 0.4) is 0 Å². The Morgan fingerprint density at radius 2 is 2.28 bits per heavy atom. The maximum absolute atomic E-state index is 11.6. The number of likely N-dealkylation sites (N-methyl/N-ethyl adjacent to an activating group) is 1. The molecular formula is C14H20N2O2. The lowest BCUT2D eigenvalue weighted by atomic mass is 9.87. The van der Waals surface area contributed by atoms with Crippen LogP contribution < -0.4 is 5.32 Å². The number of hydrogen-bond acceptors (Lipinski definition) is 3. The van der Waals surface area contributed by atoms with Gasteiger partial charge in [0.1, 0.15) is 5.75 Å². The number of aromatic hydroxyl groups is 1. The highest BCUT2D eigenvalue weighted by atomic mass is 16.3. The molecule has 2 rings (SSSR count). The van der Waals surface area contributed by atoms with Gasteiger partial charge in [0.05, 0.1) is 6.54 Å². The average Bonchev–Trinajstić information content (AvgIpc) is 2.35. The van der Waals surface area contributed by atoms with E-state index in [4.69, 9.17) is 0 Å². The van der Waals surface area contributed by atoms with E-state index in [9.17, 15) is 9.90 Å². The van der Waals surface area contributed by atoms with Crippen molar-refractivity contribution in [1.82, 2.24) is 10.2 Å². The average molecular weight is 248 g/mol. The van der Waals surface area contributed by atoms with Gasteiger partial charge in [0, 0.05) is 20.1 Å². The highest BCUT2D eigenvalue weighted by Crippen LogP contribution is 2.31. The Hall–Kier alpha value is -1.55. The minimum Gasteiger partial charge on any atom is -0.508 e. The fraction of sp³-hybridized carbons (Fsp3) is 0.500. The topological polar surface area (TPSA) is 52.6 Å². The van der Waals surface area contributed by atoms with E-state index in [1.807, 2.05) is 12.1 Å². The van der Waals surface area contributed by atoms with E-state index in [0.717, 1.165) is 24.8 Å². The number of rotatable bonds is 3. The van der Waals surface area contributed by atoms with E-state index in [1.54, 1.807) is 25.1 Å². The van der Waals surface area contributed by atoms with E-state index in [2.05, 4.69) is 5.32 Å². The molecule has 0 saturated carbocycles. The molecule has 0 heterocycles. The van der Waals surface area contributed by atoms with Gasteiger partial charge in [-0.1, -0.05) is 6.07 Å². The molecular weight excluding hydrogens is 228 g/mol. The van der Waals surface area contributed by atoms with Crippen LogP contribution in [0.4, 0.5) is 0 Å². The van der Waals surface area contributed by atoms with E-state index in [1.165, 1.54) is 5.56 Å². The third-order valence-electron chi connectivity index (χ3n) is 3.44. The number of nitrogens with zero attached hydrogens (tertiary/aromatic N) is 1. The van der Waals surface area contributed by atoms with Crippen LogP contribution in [0.15, 0.2) is 18.2 Å². The third kappa shape index (κ3) is 2.82. The summed E-state index contributed by atoms with van der Waals surface area (Å²) in [6, 6.07) is 5.69. The summed E-state index contributed by atoms with van der Waals surface area (Å²) in [6.45, 7) is 0.340. The summed E-state index contributed by atoms with van der Waals surface area (Å²) in [5.41, 5.74) is 2.40. The Labute approximate surface area is 108 Å². The monoisotopic (exact) mass is 248 g/mol. The first-order valence-corrected chi connectivity index (χ1v) is 6.33. The van der Waals surface area contributed by atoms with Crippen LogP contribution in [0.2, 0.25) is 0 Å². The van der Waals surface area contributed by atoms with Crippen LogP contribution >= 0.6 is 0 Å². The van der Waals surface area contributed by atoms with Gasteiger partial charge in [-0.3, -0.25) is 4.79 Å². The van der Waals surface area contributed by atoms with Gasteiger partial charge in [0.2, 0.25) is 5.91 Å². The van der Waals surface area contributed by atoms with Crippen molar-refractivity contribution in [3.05, 3.63) is 29.3 Å². The van der Waals surface area contributed by atoms with Crippen LogP contribution in [-0.4, -0.2) is 36.6 Å². The van der Waals surface area contributed by atoms with Gasteiger partial charge in [0.15, 0.2) is 0 Å². The van der Waals surface area contributed by atoms with E-state index < -0.39 is 0 Å². The van der Waals surface area contributed by atoms with Crippen LogP contribution in [0.1, 0.15) is 30.0 Å². The predicted molar refractivity (Wildman–Crippen MR) is 70.5 cm³/mol. The fourth-order valence-corrected chi connectivity index (χ4v) is 2.37. The number of carbonyl (C=O) groups excluding carboxylic acids is 1. The molecule has 0 bridgehead atoms. The summed E-state index contributed by atoms with van der Waals surface area (Å²) in [5.74, 6) is 0.365. The summed E-state index contributed by atoms with van der Waals surface area (Å²) in [6.07, 6.45) is 3.18. The lowest BCUT2D eigenvalue weighted by Crippen LogP contribution is -2.36. The smallest absolute Gasteiger partial charge is 0.236 e. The SMILES string of the molecule is CN(C)C(=O)CNC1CCCc2ccc(O)cc21. The summed E-state index contributed by atoms with van der Waals surface area (Å²) in [5, 5.41) is 12.9. The standard InChI is InChI=1S/C14H20N2O2/c1-16(2)14(18)9-15-13-5-3-4-10-6-7-11(17)8-12(10)13/h6-8,13,15,17H,3-5,9H2,1-2H3. The van der Waals surface area contributed by atoms with Crippen molar-refractivity contribution < 1.29 is 9.90 Å². The van der Waals surface area contributed by atoms with Crippen LogP contribution in [0, 0.1) is 0 Å². The van der Waals surface area contributed by atoms with Gasteiger partial charge in [-0.05, 0) is 42.5 Å². The lowest BCUT2D eigenvalue weighted by molar-refractivity contribution is -0.127. The van der Waals surface area contributed by atoms with Crippen LogP contribution in [0.5, 0.6) is 5.75 Å². The molecule has 1 aromatic rings. The Bertz CT molecular complexity index is 443. The molecule has 0 radical (unpaired) electrons. The fourth-order valence-electron chi connectivity index (χ4n) is 2.37. The summed E-state index contributed by atoms with van der Waals surface area (Å²) in [4.78, 5) is 13.2. The number of amides is 1. The zero-order chi connectivity index (χ0) is 13.1. The summed E-state index contributed by atoms with van der Waals surface area (Å²) in [7, 11) is 3.51. The second kappa shape index (κ2) is 5.40. The van der Waals surface area contributed by atoms with Crippen molar-refractivity contribution in [2.75, 3.05) is 20.6 Å². The molecule has 0 aromatic heterocycles. The Balaban J connectivity index is 2.08. The van der Waals surface area contributed by atoms with E-state index >= 15 is 0 Å². The number of hydrogen-bond donors (Lipinski definition) is 2. The molecule has 1 unspecified atom stereocenters. The molecule has 0 fully saturated rings. The molecule has 1 aromatic carbocycles. The van der Waals surface area contributed by atoms with Crippen LogP contribution in [0.25, 0.3) is 0 Å². The van der Waals surface area contributed by atoms with Gasteiger partial charge in [-0.25, -0.2) is 0 Å². The largest absolute Gasteiger partial charge is 0.508 e.